The Kier molecular flexibility index (Phi) is 3.66. The van der Waals surface area contributed by atoms with Crippen molar-refractivity contribution >= 4 is 35.0 Å². The van der Waals surface area contributed by atoms with Gasteiger partial charge in [0.15, 0.2) is 0 Å². The average Bonchev–Trinajstić information content (AvgIpc) is 2.82. The molecule has 2 aromatic rings. The minimum atomic E-state index is 0.505. The number of rotatable bonds is 3. The maximum Gasteiger partial charge on any atom is 0.138 e. The highest BCUT2D eigenvalue weighted by Gasteiger charge is 2.25. The molecule has 0 spiro atoms. The van der Waals surface area contributed by atoms with E-state index in [4.69, 9.17) is 0 Å². The largest absolute Gasteiger partial charge is 0.339 e. The van der Waals surface area contributed by atoms with Crippen LogP contribution in [0.15, 0.2) is 40.5 Å². The van der Waals surface area contributed by atoms with Crippen molar-refractivity contribution < 1.29 is 0 Å². The summed E-state index contributed by atoms with van der Waals surface area (Å²) in [5.41, 5.74) is 2.36. The summed E-state index contributed by atoms with van der Waals surface area (Å²) in [7, 11) is 0. The second-order valence-electron chi connectivity index (χ2n) is 4.48. The van der Waals surface area contributed by atoms with Crippen molar-refractivity contribution in [3.05, 3.63) is 36.2 Å². The van der Waals surface area contributed by atoms with Crippen LogP contribution in [0.5, 0.6) is 0 Å². The summed E-state index contributed by atoms with van der Waals surface area (Å²) >= 11 is 3.55. The normalized spacial score (nSPS) is 17.3. The lowest BCUT2D eigenvalue weighted by atomic mass is 10.1. The second-order valence-corrected chi connectivity index (χ2v) is 6.34. The van der Waals surface area contributed by atoms with Gasteiger partial charge >= 0.3 is 0 Å². The summed E-state index contributed by atoms with van der Waals surface area (Å²) < 4.78 is 0. The van der Waals surface area contributed by atoms with E-state index in [0.717, 1.165) is 22.3 Å². The van der Waals surface area contributed by atoms with Crippen molar-refractivity contribution in [1.29, 1.82) is 0 Å². The fourth-order valence-electron chi connectivity index (χ4n) is 2.20. The predicted molar refractivity (Wildman–Crippen MR) is 82.7 cm³/mol. The predicted octanol–water partition coefficient (Wildman–Crippen LogP) is 4.15. The van der Waals surface area contributed by atoms with Crippen molar-refractivity contribution in [3.8, 4) is 0 Å². The summed E-state index contributed by atoms with van der Waals surface area (Å²) in [5.74, 6) is 2.54. The van der Waals surface area contributed by atoms with Crippen molar-refractivity contribution in [3.63, 3.8) is 0 Å². The summed E-state index contributed by atoms with van der Waals surface area (Å²) in [4.78, 5) is 10.0. The number of thioether (sulfide) groups is 2. The molecule has 1 aliphatic rings. The van der Waals surface area contributed by atoms with E-state index in [9.17, 15) is 0 Å². The first-order valence-corrected chi connectivity index (χ1v) is 8.38. The van der Waals surface area contributed by atoms with Crippen LogP contribution < -0.4 is 5.32 Å². The van der Waals surface area contributed by atoms with Gasteiger partial charge in [-0.3, -0.25) is 0 Å². The molecule has 2 heterocycles. The van der Waals surface area contributed by atoms with E-state index in [1.165, 1.54) is 10.5 Å². The molecule has 0 aliphatic carbocycles. The highest BCUT2D eigenvalue weighted by Crippen LogP contribution is 2.42. The molecule has 1 N–H and O–H groups in total. The Hall–Kier alpha value is -1.20. The fraction of sp³-hybridized carbons (Fsp3) is 0.286. The Balaban J connectivity index is 1.98. The van der Waals surface area contributed by atoms with Crippen LogP contribution in [0.1, 0.15) is 18.4 Å². The molecule has 0 fully saturated rings. The third-order valence-electron chi connectivity index (χ3n) is 3.17. The molecule has 1 aromatic carbocycles. The van der Waals surface area contributed by atoms with Crippen LogP contribution >= 0.6 is 23.5 Å². The van der Waals surface area contributed by atoms with Gasteiger partial charge in [0.1, 0.15) is 17.2 Å². The van der Waals surface area contributed by atoms with Crippen molar-refractivity contribution in [2.75, 3.05) is 17.3 Å². The molecule has 0 amide bonds. The van der Waals surface area contributed by atoms with Crippen LogP contribution in [0.4, 0.5) is 11.5 Å². The van der Waals surface area contributed by atoms with Crippen molar-refractivity contribution in [1.82, 2.24) is 9.97 Å². The number of nitrogens with one attached hydrogen (secondary N) is 1. The van der Waals surface area contributed by atoms with E-state index >= 15 is 0 Å². The quantitative estimate of drug-likeness (QED) is 0.678. The van der Waals surface area contributed by atoms with Gasteiger partial charge in [0, 0.05) is 16.2 Å². The Morgan fingerprint density at radius 1 is 1.32 bits per heavy atom. The molecule has 0 bridgehead atoms. The summed E-state index contributed by atoms with van der Waals surface area (Å²) in [6.45, 7) is 2.23. The molecule has 19 heavy (non-hydrogen) atoms. The van der Waals surface area contributed by atoms with Gasteiger partial charge in [0.2, 0.25) is 0 Å². The first kappa shape index (κ1) is 12.8. The number of aromatic nitrogens is 2. The summed E-state index contributed by atoms with van der Waals surface area (Å²) in [6.07, 6.45) is 3.73. The Bertz CT molecular complexity index is 601. The molecule has 1 aromatic heterocycles. The van der Waals surface area contributed by atoms with E-state index in [0.29, 0.717) is 5.92 Å². The molecule has 0 radical (unpaired) electrons. The van der Waals surface area contributed by atoms with Gasteiger partial charge in [-0.15, -0.1) is 23.5 Å². The van der Waals surface area contributed by atoms with Crippen LogP contribution in [0.2, 0.25) is 0 Å². The lowest BCUT2D eigenvalue weighted by Crippen LogP contribution is -2.02. The first-order valence-electron chi connectivity index (χ1n) is 6.17. The third-order valence-corrected chi connectivity index (χ3v) is 5.23. The lowest BCUT2D eigenvalue weighted by molar-refractivity contribution is 0.849. The molecular weight excluding hydrogens is 274 g/mol. The molecule has 3 rings (SSSR count). The Labute approximate surface area is 121 Å². The monoisotopic (exact) mass is 289 g/mol. The lowest BCUT2D eigenvalue weighted by Gasteiger charge is -2.13. The minimum absolute atomic E-state index is 0.505. The molecule has 1 unspecified atom stereocenters. The number of benzene rings is 1. The second kappa shape index (κ2) is 5.43. The van der Waals surface area contributed by atoms with Gasteiger partial charge in [0.05, 0.1) is 5.69 Å². The number of fused-ring (bicyclic) bond motifs is 1. The van der Waals surface area contributed by atoms with Gasteiger partial charge in [0.25, 0.3) is 0 Å². The van der Waals surface area contributed by atoms with E-state index in [1.54, 1.807) is 18.1 Å². The van der Waals surface area contributed by atoms with Crippen molar-refractivity contribution in [2.45, 2.75) is 22.8 Å². The van der Waals surface area contributed by atoms with Gasteiger partial charge in [-0.2, -0.15) is 0 Å². The highest BCUT2D eigenvalue weighted by molar-refractivity contribution is 7.99. The Morgan fingerprint density at radius 2 is 2.16 bits per heavy atom. The van der Waals surface area contributed by atoms with Crippen LogP contribution in [-0.2, 0) is 0 Å². The van der Waals surface area contributed by atoms with Crippen molar-refractivity contribution in [2.24, 2.45) is 0 Å². The van der Waals surface area contributed by atoms with Crippen LogP contribution in [0.25, 0.3) is 0 Å². The van der Waals surface area contributed by atoms with Crippen LogP contribution in [0.3, 0.4) is 0 Å². The van der Waals surface area contributed by atoms with Gasteiger partial charge < -0.3 is 5.32 Å². The SMILES string of the molecule is CSc1ccccc1Nc1ncnc2c1C(C)CS2. The molecular formula is C14H15N3S2. The molecule has 0 saturated heterocycles. The van der Waals surface area contributed by atoms with Gasteiger partial charge in [-0.25, -0.2) is 9.97 Å². The van der Waals surface area contributed by atoms with E-state index < -0.39 is 0 Å². The third kappa shape index (κ3) is 2.44. The molecule has 98 valence electrons. The van der Waals surface area contributed by atoms with E-state index in [2.05, 4.69) is 46.7 Å². The summed E-state index contributed by atoms with van der Waals surface area (Å²) in [5, 5.41) is 4.59. The first-order chi connectivity index (χ1) is 9.29. The zero-order valence-corrected chi connectivity index (χ0v) is 12.5. The molecule has 0 saturated carbocycles. The molecule has 5 heteroatoms. The number of hydrogen-bond acceptors (Lipinski definition) is 5. The number of hydrogen-bond donors (Lipinski definition) is 1. The fourth-order valence-corrected chi connectivity index (χ4v) is 3.90. The van der Waals surface area contributed by atoms with Crippen LogP contribution in [0, 0.1) is 0 Å². The topological polar surface area (TPSA) is 37.8 Å². The van der Waals surface area contributed by atoms with E-state index in [-0.39, 0.29) is 0 Å². The standard InChI is InChI=1S/C14H15N3S2/c1-9-7-19-14-12(9)13(15-8-16-14)17-10-5-3-4-6-11(10)18-2/h3-6,8-9H,7H2,1-2H3,(H,15,16,17). The molecule has 1 atom stereocenters. The summed E-state index contributed by atoms with van der Waals surface area (Å²) in [6, 6.07) is 8.31. The highest BCUT2D eigenvalue weighted by atomic mass is 32.2. The zero-order valence-electron chi connectivity index (χ0n) is 10.9. The van der Waals surface area contributed by atoms with E-state index in [1.807, 2.05) is 17.8 Å². The average molecular weight is 289 g/mol. The molecule has 3 nitrogen and oxygen atoms in total. The number of nitrogens with zero attached hydrogens (tertiary/aromatic N) is 2. The maximum atomic E-state index is 4.43. The van der Waals surface area contributed by atoms with Crippen LogP contribution in [-0.4, -0.2) is 22.0 Å². The number of anilines is 2. The smallest absolute Gasteiger partial charge is 0.138 e. The zero-order chi connectivity index (χ0) is 13.2. The van der Waals surface area contributed by atoms with Gasteiger partial charge in [-0.05, 0) is 24.3 Å². The van der Waals surface area contributed by atoms with Gasteiger partial charge in [-0.1, -0.05) is 19.1 Å². The Morgan fingerprint density at radius 3 is 3.00 bits per heavy atom. The number of para-hydroxylation sites is 1. The minimum Gasteiger partial charge on any atom is -0.339 e. The molecule has 1 aliphatic heterocycles. The maximum absolute atomic E-state index is 4.43.